The topological polar surface area (TPSA) is 90.8 Å². The van der Waals surface area contributed by atoms with Crippen molar-refractivity contribution >= 4 is 45.9 Å². The molecular weight excluding hydrogens is 394 g/mol. The number of hydrogen-bond donors (Lipinski definition) is 2. The Kier molecular flexibility index (Phi) is 5.29. The van der Waals surface area contributed by atoms with Gasteiger partial charge < -0.3 is 20.4 Å². The lowest BCUT2D eigenvalue weighted by molar-refractivity contribution is -0.384. The first-order chi connectivity index (χ1) is 13.9. The third-order valence-corrected chi connectivity index (χ3v) is 5.73. The normalized spacial score (nSPS) is 16.6. The summed E-state index contributed by atoms with van der Waals surface area (Å²) in [7, 11) is 1.78. The summed E-state index contributed by atoms with van der Waals surface area (Å²) in [4.78, 5) is 26.7. The Balaban J connectivity index is 1.66. The highest BCUT2D eigenvalue weighted by atomic mass is 35.5. The predicted molar refractivity (Wildman–Crippen MR) is 115 cm³/mol. The summed E-state index contributed by atoms with van der Waals surface area (Å²) in [6.45, 7) is 2.95. The quantitative estimate of drug-likeness (QED) is 0.588. The smallest absolute Gasteiger partial charge is 0.294 e. The van der Waals surface area contributed by atoms with E-state index in [1.165, 1.54) is 6.07 Å². The number of rotatable bonds is 4. The standard InChI is InChI=1S/C20H22ClN5O3/c1-24-17-4-3-14(10-13(17)2-5-20(24)27)23-16-12-18(25-8-6-22-7-9-25)19(26(28)29)11-15(16)21/h3-4,10-12,22-23H,2,5-9H2,1H3. The van der Waals surface area contributed by atoms with Crippen molar-refractivity contribution in [3.63, 3.8) is 0 Å². The molecule has 2 aliphatic heterocycles. The van der Waals surface area contributed by atoms with E-state index in [1.54, 1.807) is 18.0 Å². The molecule has 0 atom stereocenters. The van der Waals surface area contributed by atoms with Gasteiger partial charge in [0.05, 0.1) is 15.6 Å². The number of piperazine rings is 1. The van der Waals surface area contributed by atoms with E-state index in [1.807, 2.05) is 23.1 Å². The molecule has 9 heteroatoms. The Bertz CT molecular complexity index is 975. The van der Waals surface area contributed by atoms with Crippen molar-refractivity contribution in [1.82, 2.24) is 5.32 Å². The highest BCUT2D eigenvalue weighted by Crippen LogP contribution is 2.39. The Labute approximate surface area is 173 Å². The zero-order chi connectivity index (χ0) is 20.5. The lowest BCUT2D eigenvalue weighted by Gasteiger charge is -2.29. The number of fused-ring (bicyclic) bond motifs is 1. The van der Waals surface area contributed by atoms with E-state index in [0.717, 1.165) is 30.0 Å². The van der Waals surface area contributed by atoms with Gasteiger partial charge >= 0.3 is 0 Å². The minimum atomic E-state index is -0.390. The molecule has 152 valence electrons. The van der Waals surface area contributed by atoms with Crippen molar-refractivity contribution in [2.24, 2.45) is 0 Å². The number of nitrogens with one attached hydrogen (secondary N) is 2. The number of benzene rings is 2. The summed E-state index contributed by atoms with van der Waals surface area (Å²) in [6.07, 6.45) is 1.17. The summed E-state index contributed by atoms with van der Waals surface area (Å²) in [5.74, 6) is 0.109. The maximum absolute atomic E-state index is 11.9. The van der Waals surface area contributed by atoms with E-state index >= 15 is 0 Å². The summed E-state index contributed by atoms with van der Waals surface area (Å²) in [6, 6.07) is 8.95. The van der Waals surface area contributed by atoms with Crippen molar-refractivity contribution in [3.8, 4) is 0 Å². The van der Waals surface area contributed by atoms with Gasteiger partial charge in [-0.1, -0.05) is 11.6 Å². The molecule has 1 fully saturated rings. The van der Waals surface area contributed by atoms with E-state index in [-0.39, 0.29) is 11.6 Å². The summed E-state index contributed by atoms with van der Waals surface area (Å²) in [5.41, 5.74) is 4.00. The summed E-state index contributed by atoms with van der Waals surface area (Å²) < 4.78 is 0. The van der Waals surface area contributed by atoms with Gasteiger partial charge in [-0.05, 0) is 36.2 Å². The molecule has 2 aromatic carbocycles. The van der Waals surface area contributed by atoms with Crippen molar-refractivity contribution < 1.29 is 9.72 Å². The molecule has 0 bridgehead atoms. The molecule has 1 saturated heterocycles. The maximum Gasteiger partial charge on any atom is 0.294 e. The molecule has 0 unspecified atom stereocenters. The minimum Gasteiger partial charge on any atom is -0.363 e. The highest BCUT2D eigenvalue weighted by Gasteiger charge is 2.24. The number of carbonyl (C=O) groups is 1. The van der Waals surface area contributed by atoms with E-state index in [9.17, 15) is 14.9 Å². The fourth-order valence-electron chi connectivity index (χ4n) is 3.84. The predicted octanol–water partition coefficient (Wildman–Crippen LogP) is 3.31. The molecule has 2 aromatic rings. The maximum atomic E-state index is 11.9. The van der Waals surface area contributed by atoms with Gasteiger partial charge in [0.1, 0.15) is 5.69 Å². The number of nitrogens with zero attached hydrogens (tertiary/aromatic N) is 3. The van der Waals surface area contributed by atoms with Crippen LogP contribution in [-0.4, -0.2) is 44.1 Å². The number of amides is 1. The number of nitro benzene ring substituents is 1. The number of halogens is 1. The molecule has 0 aromatic heterocycles. The number of carbonyl (C=O) groups excluding carboxylic acids is 1. The first kappa shape index (κ1) is 19.5. The zero-order valence-corrected chi connectivity index (χ0v) is 16.8. The zero-order valence-electron chi connectivity index (χ0n) is 16.1. The van der Waals surface area contributed by atoms with Gasteiger partial charge in [-0.15, -0.1) is 0 Å². The Morgan fingerprint density at radius 1 is 1.14 bits per heavy atom. The molecule has 1 amide bonds. The van der Waals surface area contributed by atoms with Crippen molar-refractivity contribution in [2.75, 3.05) is 48.3 Å². The first-order valence-electron chi connectivity index (χ1n) is 9.54. The van der Waals surface area contributed by atoms with Crippen LogP contribution in [0.15, 0.2) is 30.3 Å². The van der Waals surface area contributed by atoms with Gasteiger partial charge in [-0.3, -0.25) is 14.9 Å². The second-order valence-electron chi connectivity index (χ2n) is 7.24. The third-order valence-electron chi connectivity index (χ3n) is 5.42. The SMILES string of the molecule is CN1C(=O)CCc2cc(Nc3cc(N4CCNCC4)c([N+](=O)[O-])cc3Cl)ccc21. The Morgan fingerprint density at radius 3 is 2.62 bits per heavy atom. The average molecular weight is 416 g/mol. The fourth-order valence-corrected chi connectivity index (χ4v) is 4.05. The van der Waals surface area contributed by atoms with Gasteiger partial charge in [0.15, 0.2) is 0 Å². The van der Waals surface area contributed by atoms with Crippen molar-refractivity contribution in [3.05, 3.63) is 51.0 Å². The van der Waals surface area contributed by atoms with Crippen LogP contribution in [0.1, 0.15) is 12.0 Å². The average Bonchev–Trinajstić information content (AvgIpc) is 2.72. The summed E-state index contributed by atoms with van der Waals surface area (Å²) >= 11 is 6.37. The molecule has 4 rings (SSSR count). The van der Waals surface area contributed by atoms with Crippen LogP contribution in [0.4, 0.5) is 28.4 Å². The van der Waals surface area contributed by atoms with E-state index in [4.69, 9.17) is 11.6 Å². The molecule has 0 aliphatic carbocycles. The minimum absolute atomic E-state index is 0.00743. The Morgan fingerprint density at radius 2 is 1.90 bits per heavy atom. The lowest BCUT2D eigenvalue weighted by Crippen LogP contribution is -2.43. The lowest BCUT2D eigenvalue weighted by atomic mass is 10.0. The van der Waals surface area contributed by atoms with E-state index in [0.29, 0.717) is 42.3 Å². The van der Waals surface area contributed by atoms with Crippen LogP contribution in [0, 0.1) is 10.1 Å². The largest absolute Gasteiger partial charge is 0.363 e. The van der Waals surface area contributed by atoms with Crippen molar-refractivity contribution in [1.29, 1.82) is 0 Å². The number of aryl methyl sites for hydroxylation is 1. The molecule has 2 N–H and O–H groups in total. The van der Waals surface area contributed by atoms with Gasteiger partial charge in [-0.25, -0.2) is 0 Å². The number of hydrogen-bond acceptors (Lipinski definition) is 6. The molecular formula is C20H22ClN5O3. The second kappa shape index (κ2) is 7.88. The van der Waals surface area contributed by atoms with Gasteiger partial charge in [0, 0.05) is 57.1 Å². The first-order valence-corrected chi connectivity index (χ1v) is 9.92. The van der Waals surface area contributed by atoms with Gasteiger partial charge in [0.25, 0.3) is 5.69 Å². The van der Waals surface area contributed by atoms with Crippen LogP contribution in [0.2, 0.25) is 5.02 Å². The van der Waals surface area contributed by atoms with Crippen LogP contribution in [0.3, 0.4) is 0 Å². The highest BCUT2D eigenvalue weighted by molar-refractivity contribution is 6.33. The monoisotopic (exact) mass is 415 g/mol. The number of nitro groups is 1. The number of anilines is 4. The summed E-state index contributed by atoms with van der Waals surface area (Å²) in [5, 5.41) is 18.4. The Hall–Kier alpha value is -2.84. The van der Waals surface area contributed by atoms with Crippen LogP contribution >= 0.6 is 11.6 Å². The van der Waals surface area contributed by atoms with E-state index in [2.05, 4.69) is 10.6 Å². The van der Waals surface area contributed by atoms with Crippen LogP contribution in [0.25, 0.3) is 0 Å². The molecule has 2 aliphatic rings. The molecule has 0 radical (unpaired) electrons. The van der Waals surface area contributed by atoms with Crippen molar-refractivity contribution in [2.45, 2.75) is 12.8 Å². The van der Waals surface area contributed by atoms with Crippen LogP contribution in [0.5, 0.6) is 0 Å². The van der Waals surface area contributed by atoms with E-state index < -0.39 is 4.92 Å². The molecule has 2 heterocycles. The second-order valence-corrected chi connectivity index (χ2v) is 7.64. The van der Waals surface area contributed by atoms with Gasteiger partial charge in [0.2, 0.25) is 5.91 Å². The van der Waals surface area contributed by atoms with Crippen LogP contribution < -0.4 is 20.4 Å². The molecule has 0 spiro atoms. The van der Waals surface area contributed by atoms with Gasteiger partial charge in [-0.2, -0.15) is 0 Å². The van der Waals surface area contributed by atoms with Crippen LogP contribution in [-0.2, 0) is 11.2 Å². The molecule has 29 heavy (non-hydrogen) atoms. The fraction of sp³-hybridized carbons (Fsp3) is 0.350. The third kappa shape index (κ3) is 3.86. The molecule has 8 nitrogen and oxygen atoms in total. The molecule has 0 saturated carbocycles.